The summed E-state index contributed by atoms with van der Waals surface area (Å²) in [6.07, 6.45) is 3.61. The Bertz CT molecular complexity index is 3190. The summed E-state index contributed by atoms with van der Waals surface area (Å²) in [7, 11) is 0. The molecule has 6 aromatic carbocycles. The van der Waals surface area contributed by atoms with Gasteiger partial charge in [-0.15, -0.1) is 11.3 Å². The second-order valence-corrected chi connectivity index (χ2v) is 14.8. The van der Waals surface area contributed by atoms with Gasteiger partial charge in [0.2, 0.25) is 0 Å². The molecule has 256 valence electrons. The number of rotatable bonds is 5. The zero-order valence-corrected chi connectivity index (χ0v) is 30.3. The summed E-state index contributed by atoms with van der Waals surface area (Å²) in [5.41, 5.74) is 10.9. The van der Waals surface area contributed by atoms with E-state index in [-0.39, 0.29) is 0 Å². The van der Waals surface area contributed by atoms with E-state index in [0.717, 1.165) is 61.8 Å². The number of hydrogen-bond acceptors (Lipinski definition) is 5. The monoisotopic (exact) mass is 718 g/mol. The Morgan fingerprint density at radius 3 is 1.75 bits per heavy atom. The maximum absolute atomic E-state index is 5.55. The zero-order valence-electron chi connectivity index (χ0n) is 29.5. The summed E-state index contributed by atoms with van der Waals surface area (Å²) in [4.78, 5) is 19.7. The lowest BCUT2D eigenvalue weighted by atomic mass is 9.92. The highest BCUT2D eigenvalue weighted by Gasteiger charge is 2.21. The number of hydrogen-bond donors (Lipinski definition) is 0. The molecule has 4 nitrogen and oxygen atoms in total. The summed E-state index contributed by atoms with van der Waals surface area (Å²) in [5.74, 6) is 0. The van der Waals surface area contributed by atoms with Crippen molar-refractivity contribution in [1.29, 1.82) is 0 Å². The van der Waals surface area contributed by atoms with Gasteiger partial charge < -0.3 is 0 Å². The minimum atomic E-state index is 0.810. The first-order valence-electron chi connectivity index (χ1n) is 18.4. The van der Waals surface area contributed by atoms with Gasteiger partial charge in [0.1, 0.15) is 0 Å². The molecule has 0 aliphatic rings. The maximum atomic E-state index is 5.55. The van der Waals surface area contributed by atoms with Crippen molar-refractivity contribution in [3.63, 3.8) is 0 Å². The van der Waals surface area contributed by atoms with Crippen molar-refractivity contribution < 1.29 is 0 Å². The molecule has 0 aliphatic heterocycles. The Hall–Kier alpha value is -7.08. The van der Waals surface area contributed by atoms with Gasteiger partial charge in [0, 0.05) is 38.8 Å². The molecule has 0 amide bonds. The number of benzene rings is 6. The van der Waals surface area contributed by atoms with Crippen LogP contribution in [-0.2, 0) is 0 Å². The molecular weight excluding hydrogens is 689 g/mol. The molecule has 5 heteroatoms. The molecule has 0 radical (unpaired) electrons. The summed E-state index contributed by atoms with van der Waals surface area (Å²) in [6.45, 7) is 0. The highest BCUT2D eigenvalue weighted by Crippen LogP contribution is 2.47. The SMILES string of the molecule is c1ccc(-c2cc(-c3ccc(-c4cccc5nc(-c6cc7ccccc7c7ccccc67)c6sc7ccccc7c6c45)cc3)cc(-c3ccccn3)n2)nc1. The second kappa shape index (κ2) is 12.8. The van der Waals surface area contributed by atoms with Crippen molar-refractivity contribution in [2.75, 3.05) is 0 Å². The fourth-order valence-electron chi connectivity index (χ4n) is 8.03. The number of thiophene rings is 1. The minimum absolute atomic E-state index is 0.810. The van der Waals surface area contributed by atoms with Crippen LogP contribution in [0.25, 0.3) is 109 Å². The van der Waals surface area contributed by atoms with Gasteiger partial charge in [-0.1, -0.05) is 115 Å². The summed E-state index contributed by atoms with van der Waals surface area (Å²) < 4.78 is 2.47. The van der Waals surface area contributed by atoms with Crippen LogP contribution in [0.5, 0.6) is 0 Å². The molecule has 0 fully saturated rings. The van der Waals surface area contributed by atoms with Crippen LogP contribution in [0.15, 0.2) is 182 Å². The third-order valence-corrected chi connectivity index (χ3v) is 11.7. The van der Waals surface area contributed by atoms with E-state index < -0.39 is 0 Å². The molecule has 0 atom stereocenters. The van der Waals surface area contributed by atoms with Crippen molar-refractivity contribution in [3.05, 3.63) is 182 Å². The predicted octanol–water partition coefficient (Wildman–Crippen LogP) is 13.4. The molecule has 0 bridgehead atoms. The Morgan fingerprint density at radius 1 is 0.382 bits per heavy atom. The zero-order chi connectivity index (χ0) is 36.3. The van der Waals surface area contributed by atoms with E-state index in [4.69, 9.17) is 9.97 Å². The second-order valence-electron chi connectivity index (χ2n) is 13.8. The minimum Gasteiger partial charge on any atom is -0.255 e. The van der Waals surface area contributed by atoms with Crippen molar-refractivity contribution in [2.45, 2.75) is 0 Å². The Labute approximate surface area is 321 Å². The standard InChI is InChI=1S/C50H30N4S/c1-2-13-35-33(12-1)28-40(38-15-4-3-14-37(35)38)49-50-48(39-16-5-6-21-46(39)55-50)47-36(17-11-20-43(47)54-49)32-24-22-31(23-25-32)34-29-44(41-18-7-9-26-51-41)53-45(30-34)42-19-8-10-27-52-42/h1-30H. The van der Waals surface area contributed by atoms with Crippen LogP contribution in [0.3, 0.4) is 0 Å². The first-order valence-corrected chi connectivity index (χ1v) is 19.2. The quantitative estimate of drug-likeness (QED) is 0.166. The van der Waals surface area contributed by atoms with Gasteiger partial charge in [-0.3, -0.25) is 9.97 Å². The lowest BCUT2D eigenvalue weighted by molar-refractivity contribution is 1.22. The molecule has 0 unspecified atom stereocenters. The van der Waals surface area contributed by atoms with E-state index in [1.54, 1.807) is 12.4 Å². The molecule has 0 N–H and O–H groups in total. The largest absolute Gasteiger partial charge is 0.255 e. The lowest BCUT2D eigenvalue weighted by Crippen LogP contribution is -1.94. The van der Waals surface area contributed by atoms with Crippen LogP contribution >= 0.6 is 11.3 Å². The van der Waals surface area contributed by atoms with E-state index in [9.17, 15) is 0 Å². The molecular formula is C50H30N4S. The fraction of sp³-hybridized carbons (Fsp3) is 0. The van der Waals surface area contributed by atoms with E-state index in [1.807, 2.05) is 47.7 Å². The Balaban J connectivity index is 1.10. The Morgan fingerprint density at radius 2 is 1.02 bits per heavy atom. The van der Waals surface area contributed by atoms with Crippen molar-refractivity contribution >= 4 is 64.0 Å². The number of aromatic nitrogens is 4. The topological polar surface area (TPSA) is 51.6 Å². The van der Waals surface area contributed by atoms with Crippen LogP contribution in [-0.4, -0.2) is 19.9 Å². The van der Waals surface area contributed by atoms with Gasteiger partial charge in [0.15, 0.2) is 0 Å². The van der Waals surface area contributed by atoms with Crippen LogP contribution in [0.2, 0.25) is 0 Å². The van der Waals surface area contributed by atoms with Crippen molar-refractivity contribution in [2.24, 2.45) is 0 Å². The smallest absolute Gasteiger partial charge is 0.0900 e. The lowest BCUT2D eigenvalue weighted by Gasteiger charge is -2.15. The first kappa shape index (κ1) is 31.4. The first-order chi connectivity index (χ1) is 27.3. The molecule has 11 rings (SSSR count). The predicted molar refractivity (Wildman–Crippen MR) is 230 cm³/mol. The normalized spacial score (nSPS) is 11.6. The van der Waals surface area contributed by atoms with E-state index in [0.29, 0.717) is 0 Å². The molecule has 0 spiro atoms. The van der Waals surface area contributed by atoms with Gasteiger partial charge in [-0.05, 0) is 98.4 Å². The third kappa shape index (κ3) is 5.28. The molecule has 55 heavy (non-hydrogen) atoms. The fourth-order valence-corrected chi connectivity index (χ4v) is 9.24. The molecule has 11 aromatic rings. The summed E-state index contributed by atoms with van der Waals surface area (Å²) >= 11 is 1.84. The van der Waals surface area contributed by atoms with Crippen molar-refractivity contribution in [1.82, 2.24) is 19.9 Å². The Kier molecular flexibility index (Phi) is 7.32. The molecule has 0 aliphatic carbocycles. The number of pyridine rings is 4. The number of fused-ring (bicyclic) bond motifs is 8. The van der Waals surface area contributed by atoms with Crippen LogP contribution in [0.1, 0.15) is 0 Å². The van der Waals surface area contributed by atoms with E-state index >= 15 is 0 Å². The summed E-state index contributed by atoms with van der Waals surface area (Å²) in [5, 5.41) is 8.62. The molecule has 5 aromatic heterocycles. The average Bonchev–Trinajstić information content (AvgIpc) is 3.66. The van der Waals surface area contributed by atoms with Gasteiger partial charge in [-0.25, -0.2) is 9.97 Å². The van der Waals surface area contributed by atoms with Gasteiger partial charge >= 0.3 is 0 Å². The molecule has 5 heterocycles. The number of nitrogens with zero attached hydrogens (tertiary/aromatic N) is 4. The van der Waals surface area contributed by atoms with E-state index in [2.05, 4.69) is 143 Å². The summed E-state index contributed by atoms with van der Waals surface area (Å²) in [6, 6.07) is 60.0. The van der Waals surface area contributed by atoms with Crippen LogP contribution in [0.4, 0.5) is 0 Å². The van der Waals surface area contributed by atoms with Gasteiger partial charge in [0.05, 0.1) is 38.7 Å². The van der Waals surface area contributed by atoms with E-state index in [1.165, 1.54) is 47.1 Å². The van der Waals surface area contributed by atoms with Gasteiger partial charge in [-0.2, -0.15) is 0 Å². The highest BCUT2D eigenvalue weighted by molar-refractivity contribution is 7.26. The van der Waals surface area contributed by atoms with Gasteiger partial charge in [0.25, 0.3) is 0 Å². The highest BCUT2D eigenvalue weighted by atomic mass is 32.1. The molecule has 0 saturated heterocycles. The van der Waals surface area contributed by atoms with Crippen molar-refractivity contribution in [3.8, 4) is 56.3 Å². The van der Waals surface area contributed by atoms with Crippen LogP contribution in [0, 0.1) is 0 Å². The third-order valence-electron chi connectivity index (χ3n) is 10.6. The average molecular weight is 719 g/mol. The maximum Gasteiger partial charge on any atom is 0.0900 e. The molecule has 0 saturated carbocycles. The van der Waals surface area contributed by atoms with Crippen LogP contribution < -0.4 is 0 Å².